The lowest BCUT2D eigenvalue weighted by Crippen LogP contribution is -2.31. The summed E-state index contributed by atoms with van der Waals surface area (Å²) < 4.78 is 1.83. The second-order valence-corrected chi connectivity index (χ2v) is 4.17. The summed E-state index contributed by atoms with van der Waals surface area (Å²) in [5, 5.41) is 4.23. The fraction of sp³-hybridized carbons (Fsp3) is 0.455. The molecule has 1 saturated heterocycles. The summed E-state index contributed by atoms with van der Waals surface area (Å²) in [5.74, 6) is 1.44. The molecular weight excluding hydrogens is 202 g/mol. The van der Waals surface area contributed by atoms with Crippen LogP contribution in [0.25, 0.3) is 5.65 Å². The number of anilines is 2. The molecule has 1 fully saturated rings. The van der Waals surface area contributed by atoms with Crippen LogP contribution >= 0.6 is 0 Å². The Labute approximate surface area is 93.9 Å². The Hall–Kier alpha value is -1.78. The molecule has 0 amide bonds. The van der Waals surface area contributed by atoms with Crippen LogP contribution in [0.3, 0.4) is 0 Å². The molecule has 0 spiro atoms. The number of pyridine rings is 1. The van der Waals surface area contributed by atoms with Crippen LogP contribution in [-0.4, -0.2) is 27.7 Å². The third kappa shape index (κ3) is 1.48. The van der Waals surface area contributed by atoms with Gasteiger partial charge in [0.25, 0.3) is 0 Å². The van der Waals surface area contributed by atoms with Crippen LogP contribution in [0.2, 0.25) is 0 Å². The fourth-order valence-corrected chi connectivity index (χ4v) is 2.27. The molecule has 0 unspecified atom stereocenters. The van der Waals surface area contributed by atoms with Gasteiger partial charge in [-0.3, -0.25) is 0 Å². The summed E-state index contributed by atoms with van der Waals surface area (Å²) in [5.41, 5.74) is 6.45. The first-order valence-electron chi connectivity index (χ1n) is 5.71. The third-order valence-corrected chi connectivity index (χ3v) is 3.04. The molecule has 2 N–H and O–H groups in total. The minimum atomic E-state index is 0.337. The number of hydrogen-bond donors (Lipinski definition) is 1. The molecule has 5 heteroatoms. The van der Waals surface area contributed by atoms with E-state index in [4.69, 9.17) is 5.73 Å². The van der Waals surface area contributed by atoms with Gasteiger partial charge in [0.05, 0.1) is 0 Å². The van der Waals surface area contributed by atoms with Crippen molar-refractivity contribution in [3.05, 3.63) is 18.2 Å². The van der Waals surface area contributed by atoms with E-state index in [2.05, 4.69) is 21.0 Å². The average Bonchev–Trinajstić information content (AvgIpc) is 2.70. The summed E-state index contributed by atoms with van der Waals surface area (Å²) in [6, 6.07) is 6.01. The van der Waals surface area contributed by atoms with Crippen molar-refractivity contribution in [2.24, 2.45) is 0 Å². The molecule has 0 aliphatic carbocycles. The first-order valence-corrected chi connectivity index (χ1v) is 5.71. The molecule has 3 heterocycles. The van der Waals surface area contributed by atoms with E-state index in [0.717, 1.165) is 24.6 Å². The van der Waals surface area contributed by atoms with Gasteiger partial charge in [-0.15, -0.1) is 5.10 Å². The predicted molar refractivity (Wildman–Crippen MR) is 63.5 cm³/mol. The first kappa shape index (κ1) is 9.45. The Morgan fingerprint density at radius 2 is 1.94 bits per heavy atom. The van der Waals surface area contributed by atoms with E-state index in [1.165, 1.54) is 19.3 Å². The van der Waals surface area contributed by atoms with E-state index < -0.39 is 0 Å². The standard InChI is InChI=1S/C11H15N5/c12-11-13-9-5-4-6-10(16(9)14-11)15-7-2-1-3-8-15/h4-6H,1-3,7-8H2,(H2,12,14). The van der Waals surface area contributed by atoms with Crippen molar-refractivity contribution in [3.8, 4) is 0 Å². The molecule has 0 aromatic carbocycles. The number of fused-ring (bicyclic) bond motifs is 1. The van der Waals surface area contributed by atoms with Crippen molar-refractivity contribution in [2.45, 2.75) is 19.3 Å². The smallest absolute Gasteiger partial charge is 0.240 e. The summed E-state index contributed by atoms with van der Waals surface area (Å²) in [6.07, 6.45) is 3.83. The Bertz CT molecular complexity index is 498. The number of nitrogen functional groups attached to an aromatic ring is 1. The lowest BCUT2D eigenvalue weighted by molar-refractivity contribution is 0.569. The third-order valence-electron chi connectivity index (χ3n) is 3.04. The van der Waals surface area contributed by atoms with Gasteiger partial charge in [0, 0.05) is 13.1 Å². The highest BCUT2D eigenvalue weighted by molar-refractivity contribution is 5.52. The maximum Gasteiger partial charge on any atom is 0.240 e. The normalized spacial score (nSPS) is 16.9. The molecule has 0 saturated carbocycles. The van der Waals surface area contributed by atoms with Gasteiger partial charge in [0.15, 0.2) is 5.65 Å². The van der Waals surface area contributed by atoms with Crippen molar-refractivity contribution in [1.82, 2.24) is 14.6 Å². The molecule has 3 rings (SSSR count). The van der Waals surface area contributed by atoms with Crippen LogP contribution in [0.1, 0.15) is 19.3 Å². The minimum Gasteiger partial charge on any atom is -0.366 e. The molecule has 2 aromatic heterocycles. The number of aromatic nitrogens is 3. The molecule has 16 heavy (non-hydrogen) atoms. The zero-order valence-corrected chi connectivity index (χ0v) is 9.13. The second kappa shape index (κ2) is 3.66. The van der Waals surface area contributed by atoms with E-state index in [1.54, 1.807) is 0 Å². The van der Waals surface area contributed by atoms with Crippen molar-refractivity contribution >= 4 is 17.4 Å². The van der Waals surface area contributed by atoms with E-state index in [-0.39, 0.29) is 0 Å². The van der Waals surface area contributed by atoms with Crippen molar-refractivity contribution in [2.75, 3.05) is 23.7 Å². The molecule has 2 aromatic rings. The molecule has 84 valence electrons. The highest BCUT2D eigenvalue weighted by atomic mass is 15.4. The maximum atomic E-state index is 5.63. The van der Waals surface area contributed by atoms with Crippen molar-refractivity contribution in [1.29, 1.82) is 0 Å². The van der Waals surface area contributed by atoms with Crippen molar-refractivity contribution in [3.63, 3.8) is 0 Å². The fourth-order valence-electron chi connectivity index (χ4n) is 2.27. The molecule has 1 aliphatic heterocycles. The molecule has 5 nitrogen and oxygen atoms in total. The quantitative estimate of drug-likeness (QED) is 0.782. The van der Waals surface area contributed by atoms with Gasteiger partial charge in [-0.25, -0.2) is 0 Å². The van der Waals surface area contributed by atoms with Crippen LogP contribution in [0.15, 0.2) is 18.2 Å². The van der Waals surface area contributed by atoms with Gasteiger partial charge in [-0.1, -0.05) is 6.07 Å². The van der Waals surface area contributed by atoms with E-state index in [1.807, 2.05) is 16.6 Å². The SMILES string of the molecule is Nc1nc2cccc(N3CCCCC3)n2n1. The summed E-state index contributed by atoms with van der Waals surface area (Å²) in [6.45, 7) is 2.19. The topological polar surface area (TPSA) is 59.5 Å². The summed E-state index contributed by atoms with van der Waals surface area (Å²) in [7, 11) is 0. The molecular formula is C11H15N5. The van der Waals surface area contributed by atoms with E-state index in [9.17, 15) is 0 Å². The Morgan fingerprint density at radius 3 is 2.75 bits per heavy atom. The van der Waals surface area contributed by atoms with Crippen molar-refractivity contribution < 1.29 is 0 Å². The van der Waals surface area contributed by atoms with E-state index >= 15 is 0 Å². The van der Waals surface area contributed by atoms with E-state index in [0.29, 0.717) is 5.95 Å². The number of nitrogens with zero attached hydrogens (tertiary/aromatic N) is 4. The second-order valence-electron chi connectivity index (χ2n) is 4.17. The zero-order chi connectivity index (χ0) is 11.0. The Morgan fingerprint density at radius 1 is 1.12 bits per heavy atom. The lowest BCUT2D eigenvalue weighted by atomic mass is 10.1. The van der Waals surface area contributed by atoms with Crippen LogP contribution in [0, 0.1) is 0 Å². The average molecular weight is 217 g/mol. The van der Waals surface area contributed by atoms with Gasteiger partial charge in [0.1, 0.15) is 5.82 Å². The number of rotatable bonds is 1. The summed E-state index contributed by atoms with van der Waals surface area (Å²) >= 11 is 0. The van der Waals surface area contributed by atoms with Crippen LogP contribution < -0.4 is 10.6 Å². The number of hydrogen-bond acceptors (Lipinski definition) is 4. The minimum absolute atomic E-state index is 0.337. The maximum absolute atomic E-state index is 5.63. The zero-order valence-electron chi connectivity index (χ0n) is 9.13. The molecule has 0 radical (unpaired) electrons. The molecule has 1 aliphatic rings. The summed E-state index contributed by atoms with van der Waals surface area (Å²) in [4.78, 5) is 6.52. The van der Waals surface area contributed by atoms with Gasteiger partial charge in [0.2, 0.25) is 5.95 Å². The highest BCUT2D eigenvalue weighted by Gasteiger charge is 2.14. The van der Waals surface area contributed by atoms with Crippen LogP contribution in [-0.2, 0) is 0 Å². The lowest BCUT2D eigenvalue weighted by Gasteiger charge is -2.28. The van der Waals surface area contributed by atoms with Gasteiger partial charge in [-0.05, 0) is 31.4 Å². The Kier molecular flexibility index (Phi) is 2.16. The molecule has 0 bridgehead atoms. The highest BCUT2D eigenvalue weighted by Crippen LogP contribution is 2.20. The predicted octanol–water partition coefficient (Wildman–Crippen LogP) is 1.30. The van der Waals surface area contributed by atoms with Gasteiger partial charge < -0.3 is 10.6 Å². The van der Waals surface area contributed by atoms with Gasteiger partial charge >= 0.3 is 0 Å². The monoisotopic (exact) mass is 217 g/mol. The van der Waals surface area contributed by atoms with Crippen LogP contribution in [0.5, 0.6) is 0 Å². The Balaban J connectivity index is 2.07. The number of nitrogens with two attached hydrogens (primary N) is 1. The number of piperidine rings is 1. The van der Waals surface area contributed by atoms with Crippen LogP contribution in [0.4, 0.5) is 11.8 Å². The van der Waals surface area contributed by atoms with Gasteiger partial charge in [-0.2, -0.15) is 9.50 Å². The first-order chi connectivity index (χ1) is 7.84. The molecule has 0 atom stereocenters. The largest absolute Gasteiger partial charge is 0.366 e.